The molecule has 16 heavy (non-hydrogen) atoms. The normalized spacial score (nSPS) is 19.6. The molecule has 0 radical (unpaired) electrons. The zero-order valence-corrected chi connectivity index (χ0v) is 8.67. The summed E-state index contributed by atoms with van der Waals surface area (Å²) >= 11 is 0. The van der Waals surface area contributed by atoms with Crippen LogP contribution < -0.4 is 5.73 Å². The van der Waals surface area contributed by atoms with Gasteiger partial charge in [-0.05, 0) is 18.4 Å². The van der Waals surface area contributed by atoms with Gasteiger partial charge in [0.15, 0.2) is 0 Å². The lowest BCUT2D eigenvalue weighted by molar-refractivity contribution is -0.141. The molecule has 0 aliphatic heterocycles. The molecule has 0 saturated heterocycles. The Balaban J connectivity index is 2.54. The van der Waals surface area contributed by atoms with E-state index in [4.69, 9.17) is 5.73 Å². The Bertz CT molecular complexity index is 449. The van der Waals surface area contributed by atoms with Gasteiger partial charge in [-0.3, -0.25) is 0 Å². The topological polar surface area (TPSA) is 38.9 Å². The molecule has 0 bridgehead atoms. The lowest BCUT2D eigenvalue weighted by atomic mass is 9.93. The number of alkyl halides is 3. The number of rotatable bonds is 0. The molecule has 0 amide bonds. The second-order valence-corrected chi connectivity index (χ2v) is 4.00. The zero-order valence-electron chi connectivity index (χ0n) is 8.67. The quantitative estimate of drug-likeness (QED) is 0.741. The van der Waals surface area contributed by atoms with E-state index in [1.807, 2.05) is 13.0 Å². The number of fused-ring (bicyclic) bond motifs is 1. The summed E-state index contributed by atoms with van der Waals surface area (Å²) in [5.41, 5.74) is 5.87. The Hall–Kier alpha value is -1.52. The van der Waals surface area contributed by atoms with Gasteiger partial charge < -0.3 is 5.73 Å². The molecule has 2 N–H and O–H groups in total. The van der Waals surface area contributed by atoms with Crippen LogP contribution in [-0.4, -0.2) is 4.98 Å². The Labute approximate surface area is 91.0 Å². The summed E-state index contributed by atoms with van der Waals surface area (Å²) in [4.78, 5) is 3.64. The fraction of sp³-hybridized carbons (Fsp3) is 0.364. The van der Waals surface area contributed by atoms with Gasteiger partial charge in [0.2, 0.25) is 0 Å². The third kappa shape index (κ3) is 1.89. The summed E-state index contributed by atoms with van der Waals surface area (Å²) in [5.74, 6) is 0.197. The fourth-order valence-corrected chi connectivity index (χ4v) is 1.76. The van der Waals surface area contributed by atoms with Crippen molar-refractivity contribution >= 4 is 11.8 Å². The number of halogens is 3. The van der Waals surface area contributed by atoms with E-state index in [9.17, 15) is 13.2 Å². The molecule has 0 aromatic carbocycles. The second-order valence-electron chi connectivity index (χ2n) is 4.00. The minimum absolute atomic E-state index is 0.139. The monoisotopic (exact) mass is 228 g/mol. The van der Waals surface area contributed by atoms with E-state index in [2.05, 4.69) is 4.98 Å². The van der Waals surface area contributed by atoms with Gasteiger partial charge in [-0.2, -0.15) is 13.2 Å². The molecule has 0 unspecified atom stereocenters. The molecule has 86 valence electrons. The number of allylic oxidation sites excluding steroid dienone is 1. The van der Waals surface area contributed by atoms with Gasteiger partial charge in [-0.15, -0.1) is 0 Å². The summed E-state index contributed by atoms with van der Waals surface area (Å²) in [6, 6.07) is 0.888. The van der Waals surface area contributed by atoms with E-state index in [-0.39, 0.29) is 11.6 Å². The van der Waals surface area contributed by atoms with Crippen LogP contribution in [-0.2, 0) is 12.6 Å². The molecule has 2 nitrogen and oxygen atoms in total. The van der Waals surface area contributed by atoms with Crippen LogP contribution in [0.4, 0.5) is 18.9 Å². The van der Waals surface area contributed by atoms with Gasteiger partial charge >= 0.3 is 6.18 Å². The predicted molar refractivity (Wildman–Crippen MR) is 55.6 cm³/mol. The van der Waals surface area contributed by atoms with E-state index >= 15 is 0 Å². The van der Waals surface area contributed by atoms with E-state index in [1.54, 1.807) is 6.08 Å². The molecule has 1 aromatic rings. The van der Waals surface area contributed by atoms with Crippen LogP contribution in [0.5, 0.6) is 0 Å². The third-order valence-electron chi connectivity index (χ3n) is 2.57. The lowest BCUT2D eigenvalue weighted by Gasteiger charge is -2.18. The van der Waals surface area contributed by atoms with Crippen LogP contribution in [0.3, 0.4) is 0 Å². The number of hydrogen-bond donors (Lipinski definition) is 1. The van der Waals surface area contributed by atoms with Crippen molar-refractivity contribution in [1.82, 2.24) is 4.98 Å². The highest BCUT2D eigenvalue weighted by atomic mass is 19.4. The zero-order chi connectivity index (χ0) is 11.9. The van der Waals surface area contributed by atoms with Crippen molar-refractivity contribution in [2.75, 3.05) is 5.73 Å². The maximum atomic E-state index is 12.5. The summed E-state index contributed by atoms with van der Waals surface area (Å²) in [6.07, 6.45) is -0.271. The fourth-order valence-electron chi connectivity index (χ4n) is 1.76. The average molecular weight is 228 g/mol. The maximum Gasteiger partial charge on any atom is 0.433 e. The van der Waals surface area contributed by atoms with E-state index in [1.165, 1.54) is 0 Å². The number of pyridine rings is 1. The first-order valence-corrected chi connectivity index (χ1v) is 4.92. The second kappa shape index (κ2) is 3.50. The molecule has 1 aliphatic rings. The molecule has 2 rings (SSSR count). The highest BCUT2D eigenvalue weighted by Gasteiger charge is 2.34. The van der Waals surface area contributed by atoms with Crippen molar-refractivity contribution in [1.29, 1.82) is 0 Å². The molecule has 0 saturated carbocycles. The molecule has 0 fully saturated rings. The van der Waals surface area contributed by atoms with E-state index in [0.29, 0.717) is 17.7 Å². The van der Waals surface area contributed by atoms with Crippen molar-refractivity contribution in [3.05, 3.63) is 29.1 Å². The Morgan fingerprint density at radius 2 is 2.12 bits per heavy atom. The van der Waals surface area contributed by atoms with Gasteiger partial charge in [0.1, 0.15) is 5.69 Å². The smallest absolute Gasteiger partial charge is 0.398 e. The molecule has 1 aromatic heterocycles. The lowest BCUT2D eigenvalue weighted by Crippen LogP contribution is -2.15. The van der Waals surface area contributed by atoms with Crippen molar-refractivity contribution in [3.8, 4) is 0 Å². The van der Waals surface area contributed by atoms with Crippen LogP contribution >= 0.6 is 0 Å². The first-order chi connectivity index (χ1) is 7.38. The van der Waals surface area contributed by atoms with Crippen molar-refractivity contribution in [2.24, 2.45) is 5.92 Å². The first-order valence-electron chi connectivity index (χ1n) is 4.92. The molecule has 0 spiro atoms. The van der Waals surface area contributed by atoms with Crippen LogP contribution in [0.15, 0.2) is 12.1 Å². The largest absolute Gasteiger partial charge is 0.433 e. The molecule has 1 atom stereocenters. The number of nitrogen functional groups attached to an aromatic ring is 1. The minimum Gasteiger partial charge on any atom is -0.398 e. The molecule has 1 heterocycles. The highest BCUT2D eigenvalue weighted by molar-refractivity contribution is 5.68. The van der Waals surface area contributed by atoms with Crippen molar-refractivity contribution in [3.63, 3.8) is 0 Å². The summed E-state index contributed by atoms with van der Waals surface area (Å²) in [7, 11) is 0. The van der Waals surface area contributed by atoms with Gasteiger partial charge in [-0.25, -0.2) is 4.98 Å². The standard InChI is InChI=1S/C11H11F3N2/c1-6-2-3-7-8(15)5-10(11(12,13)14)16-9(7)4-6/h2-3,5-6H,4H2,1H3,(H2,15,16)/t6-/m0/s1. The van der Waals surface area contributed by atoms with E-state index in [0.717, 1.165) is 6.07 Å². The van der Waals surface area contributed by atoms with Crippen LogP contribution in [0.2, 0.25) is 0 Å². The molecular formula is C11H11F3N2. The van der Waals surface area contributed by atoms with E-state index < -0.39 is 11.9 Å². The Kier molecular flexibility index (Phi) is 2.40. The first kappa shape index (κ1) is 11.0. The minimum atomic E-state index is -4.44. The summed E-state index contributed by atoms with van der Waals surface area (Å²) in [5, 5.41) is 0. The number of aromatic nitrogens is 1. The van der Waals surface area contributed by atoms with Gasteiger partial charge in [0.05, 0.1) is 5.69 Å². The Morgan fingerprint density at radius 1 is 1.44 bits per heavy atom. The molecule has 1 aliphatic carbocycles. The number of hydrogen-bond acceptors (Lipinski definition) is 2. The maximum absolute atomic E-state index is 12.5. The van der Waals surface area contributed by atoms with Crippen LogP contribution in [0.1, 0.15) is 23.9 Å². The van der Waals surface area contributed by atoms with Gasteiger partial charge in [0, 0.05) is 11.3 Å². The third-order valence-corrected chi connectivity index (χ3v) is 2.57. The highest BCUT2D eigenvalue weighted by Crippen LogP contribution is 2.33. The number of nitrogens with zero attached hydrogens (tertiary/aromatic N) is 1. The average Bonchev–Trinajstić information content (AvgIpc) is 2.15. The van der Waals surface area contributed by atoms with Gasteiger partial charge in [-0.1, -0.05) is 19.1 Å². The number of anilines is 1. The van der Waals surface area contributed by atoms with Crippen molar-refractivity contribution in [2.45, 2.75) is 19.5 Å². The Morgan fingerprint density at radius 3 is 2.75 bits per heavy atom. The number of nitrogens with two attached hydrogens (primary N) is 1. The van der Waals surface area contributed by atoms with Crippen molar-refractivity contribution < 1.29 is 13.2 Å². The SMILES string of the molecule is C[C@H]1C=Cc2c(N)cc(C(F)(F)F)nc2C1. The molecular weight excluding hydrogens is 217 g/mol. The van der Waals surface area contributed by atoms with Crippen LogP contribution in [0, 0.1) is 5.92 Å². The molecule has 5 heteroatoms. The predicted octanol–water partition coefficient (Wildman–Crippen LogP) is 2.89. The van der Waals surface area contributed by atoms with Gasteiger partial charge in [0.25, 0.3) is 0 Å². The van der Waals surface area contributed by atoms with Crippen LogP contribution in [0.25, 0.3) is 6.08 Å². The summed E-state index contributed by atoms with van der Waals surface area (Å²) in [6.45, 7) is 1.93. The summed E-state index contributed by atoms with van der Waals surface area (Å²) < 4.78 is 37.5.